The predicted octanol–water partition coefficient (Wildman–Crippen LogP) is 25.9. The van der Waals surface area contributed by atoms with E-state index in [2.05, 4.69) is 139 Å². The second kappa shape index (κ2) is 58.1. The molecule has 0 nitrogen and oxygen atoms in total. The second-order valence-electron chi connectivity index (χ2n) is 15.7. The highest BCUT2D eigenvalue weighted by Crippen LogP contribution is 2.59. The minimum Gasteiger partial charge on any atom is -0.0683 e. The van der Waals surface area contributed by atoms with E-state index in [0.29, 0.717) is 10.8 Å². The van der Waals surface area contributed by atoms with Crippen molar-refractivity contribution in [1.82, 2.24) is 0 Å². The number of fused-ring (bicyclic) bond motifs is 6. The molecule has 0 bridgehead atoms. The lowest BCUT2D eigenvalue weighted by Gasteiger charge is -2.46. The molecule has 73 heavy (non-hydrogen) atoms. The van der Waals surface area contributed by atoms with Crippen molar-refractivity contribution in [1.29, 1.82) is 0 Å². The predicted molar refractivity (Wildman–Crippen MR) is 350 cm³/mol. The van der Waals surface area contributed by atoms with Gasteiger partial charge in [0.05, 0.1) is 0 Å². The molecule has 0 aliphatic heterocycles. The maximum Gasteiger partial charge on any atom is -0.00151 e. The van der Waals surface area contributed by atoms with Crippen molar-refractivity contribution in [3.05, 3.63) is 142 Å². The van der Waals surface area contributed by atoms with Crippen LogP contribution in [0.5, 0.6) is 0 Å². The summed E-state index contributed by atoms with van der Waals surface area (Å²) in [5.74, 6) is 4.59. The molecule has 0 spiro atoms. The van der Waals surface area contributed by atoms with Crippen molar-refractivity contribution < 1.29 is 0 Å². The summed E-state index contributed by atoms with van der Waals surface area (Å²) in [6, 6.07) is 36.6. The van der Waals surface area contributed by atoms with Gasteiger partial charge < -0.3 is 0 Å². The average Bonchev–Trinajstić information content (AvgIpc) is 3.99. The summed E-state index contributed by atoms with van der Waals surface area (Å²) in [5, 5.41) is 0. The Bertz CT molecular complexity index is 1660. The fourth-order valence-corrected chi connectivity index (χ4v) is 10.9. The van der Waals surface area contributed by atoms with E-state index in [-0.39, 0.29) is 0 Å². The van der Waals surface area contributed by atoms with Crippen LogP contribution < -0.4 is 0 Å². The van der Waals surface area contributed by atoms with Crippen LogP contribution in [0.1, 0.15) is 311 Å². The van der Waals surface area contributed by atoms with E-state index >= 15 is 0 Å². The molecule has 0 saturated heterocycles. The minimum atomic E-state index is 0.383. The number of aryl methyl sites for hydroxylation is 2. The van der Waals surface area contributed by atoms with Gasteiger partial charge in [-0.2, -0.15) is 0 Å². The Hall–Kier alpha value is -3.12. The molecule has 0 aromatic heterocycles. The summed E-state index contributed by atoms with van der Waals surface area (Å²) in [6.07, 6.45) is 9.07. The highest BCUT2D eigenvalue weighted by Gasteiger charge is 2.52. The van der Waals surface area contributed by atoms with E-state index in [4.69, 9.17) is 0 Å². The van der Waals surface area contributed by atoms with Crippen LogP contribution in [0, 0.1) is 30.6 Å². The van der Waals surface area contributed by atoms with Gasteiger partial charge >= 0.3 is 0 Å². The maximum absolute atomic E-state index is 2.54. The zero-order valence-corrected chi connectivity index (χ0v) is 56.7. The number of hydrogen-bond acceptors (Lipinski definition) is 0. The van der Waals surface area contributed by atoms with Crippen LogP contribution in [0.15, 0.2) is 97.1 Å². The van der Waals surface area contributed by atoms with Gasteiger partial charge in [-0.1, -0.05) is 326 Å². The molecule has 4 aromatic rings. The van der Waals surface area contributed by atoms with Crippen molar-refractivity contribution in [2.24, 2.45) is 23.7 Å². The minimum absolute atomic E-state index is 0.383. The van der Waals surface area contributed by atoms with Gasteiger partial charge in [-0.15, -0.1) is 0 Å². The maximum atomic E-state index is 2.54. The average molecular weight is 1020 g/mol. The first-order valence-electron chi connectivity index (χ1n) is 32.0. The standard InChI is InChI=1S/C23H28.C22H26.14C2H6/c1-4-17-9-5-7-11-21(17)19-13-16(2)23(3)20(15-19)14-18-10-6-8-12-22(18)23;1-15-8-4-6-10-20(15)18-12-16(2)22(3)19(14-18)13-17-9-5-7-11-21(17)22;14*1-2/h5-12,16,19-20H,4,13-15H2,1-3H3;4-11,16,18-19H,12-14H2,1-3H3;14*1-2H3/t16-,19?,20+,23-;16-,18?,19+,22-;;;;;;;;;;;;;;/m00............../s1. The Kier molecular flexibility index (Phi) is 69.0. The van der Waals surface area contributed by atoms with E-state index in [0.717, 1.165) is 41.9 Å². The molecule has 0 heteroatoms. The molecule has 0 heterocycles. The van der Waals surface area contributed by atoms with Gasteiger partial charge in [-0.25, -0.2) is 0 Å². The quantitative estimate of drug-likeness (QED) is 0.192. The summed E-state index contributed by atoms with van der Waals surface area (Å²) < 4.78 is 0. The number of rotatable bonds is 3. The normalized spacial score (nSPS) is 21.4. The third kappa shape index (κ3) is 25.1. The Balaban J connectivity index is -0.000000131. The van der Waals surface area contributed by atoms with Gasteiger partial charge in [0, 0.05) is 0 Å². The highest BCUT2D eigenvalue weighted by atomic mass is 14.6. The molecule has 2 saturated carbocycles. The molecule has 0 amide bonds. The fraction of sp³-hybridized carbons (Fsp3) is 0.671. The first kappa shape index (κ1) is 86.6. The first-order chi connectivity index (χ1) is 35.7. The lowest BCUT2D eigenvalue weighted by molar-refractivity contribution is 0.133. The molecule has 4 aromatic carbocycles. The lowest BCUT2D eigenvalue weighted by Crippen LogP contribution is -2.41. The molecule has 2 fully saturated rings. The van der Waals surface area contributed by atoms with Gasteiger partial charge in [0.15, 0.2) is 0 Å². The largest absolute Gasteiger partial charge is 0.0683 e. The Morgan fingerprint density at radius 3 is 0.959 bits per heavy atom. The first-order valence-corrected chi connectivity index (χ1v) is 32.0. The van der Waals surface area contributed by atoms with Crippen molar-refractivity contribution in [2.75, 3.05) is 0 Å². The van der Waals surface area contributed by atoms with Crippen LogP contribution in [0.2, 0.25) is 0 Å². The monoisotopic (exact) mass is 1020 g/mol. The molecule has 0 radical (unpaired) electrons. The van der Waals surface area contributed by atoms with Crippen LogP contribution in [-0.2, 0) is 30.1 Å². The molecule has 4 aliphatic rings. The SMILES string of the molecule is CC.CC.CC.CC.CC.CC.CC.CC.CC.CC.CC.CC.CC.CC.CCc1ccccc1C1C[C@H]2Cc3ccccc3[C@@]2(C)[C@@H](C)C1.Cc1ccccc1C1C[C@H]2Cc3ccccc3[C@@]2(C)[C@@H](C)C1. The van der Waals surface area contributed by atoms with Crippen molar-refractivity contribution >= 4 is 0 Å². The zero-order chi connectivity index (χ0) is 59.3. The van der Waals surface area contributed by atoms with Gasteiger partial charge in [0.25, 0.3) is 0 Å². The Labute approximate surface area is 466 Å². The molecule has 8 atom stereocenters. The second-order valence-corrected chi connectivity index (χ2v) is 15.7. The van der Waals surface area contributed by atoms with Crippen LogP contribution in [0.3, 0.4) is 0 Å². The molecular weight excluding hydrogens is 877 g/mol. The van der Waals surface area contributed by atoms with Gasteiger partial charge in [0.2, 0.25) is 0 Å². The third-order valence-corrected chi connectivity index (χ3v) is 13.8. The Morgan fingerprint density at radius 1 is 0.356 bits per heavy atom. The van der Waals surface area contributed by atoms with E-state index < -0.39 is 0 Å². The summed E-state index contributed by atoms with van der Waals surface area (Å²) in [6.45, 7) is 70.6. The van der Waals surface area contributed by atoms with Gasteiger partial charge in [-0.05, 0) is 143 Å². The summed E-state index contributed by atoms with van der Waals surface area (Å²) in [4.78, 5) is 0. The summed E-state index contributed by atoms with van der Waals surface area (Å²) >= 11 is 0. The number of benzene rings is 4. The van der Waals surface area contributed by atoms with Gasteiger partial charge in [0.1, 0.15) is 0 Å². The van der Waals surface area contributed by atoms with E-state index in [1.807, 2.05) is 194 Å². The van der Waals surface area contributed by atoms with Crippen molar-refractivity contribution in [2.45, 2.75) is 303 Å². The van der Waals surface area contributed by atoms with Crippen molar-refractivity contribution in [3.8, 4) is 0 Å². The molecular formula is C73H138. The third-order valence-electron chi connectivity index (χ3n) is 13.8. The van der Waals surface area contributed by atoms with Crippen LogP contribution in [0.25, 0.3) is 0 Å². The molecule has 8 rings (SSSR count). The molecule has 430 valence electrons. The fourth-order valence-electron chi connectivity index (χ4n) is 10.9. The number of hydrogen-bond donors (Lipinski definition) is 0. The van der Waals surface area contributed by atoms with E-state index in [9.17, 15) is 0 Å². The highest BCUT2D eigenvalue weighted by molar-refractivity contribution is 5.44. The van der Waals surface area contributed by atoms with E-state index in [1.54, 1.807) is 38.9 Å². The smallest absolute Gasteiger partial charge is 0.00151 e. The topological polar surface area (TPSA) is 0 Å². The van der Waals surface area contributed by atoms with Gasteiger partial charge in [-0.3, -0.25) is 0 Å². The Morgan fingerprint density at radius 2 is 0.630 bits per heavy atom. The zero-order valence-electron chi connectivity index (χ0n) is 56.7. The molecule has 2 unspecified atom stereocenters. The van der Waals surface area contributed by atoms with Crippen LogP contribution in [-0.4, -0.2) is 0 Å². The molecule has 4 aliphatic carbocycles. The van der Waals surface area contributed by atoms with Crippen LogP contribution in [0.4, 0.5) is 0 Å². The lowest BCUT2D eigenvalue weighted by atomic mass is 9.58. The summed E-state index contributed by atoms with van der Waals surface area (Å²) in [5.41, 5.74) is 13.5. The summed E-state index contributed by atoms with van der Waals surface area (Å²) in [7, 11) is 0. The molecule has 0 N–H and O–H groups in total. The van der Waals surface area contributed by atoms with E-state index in [1.165, 1.54) is 44.1 Å². The van der Waals surface area contributed by atoms with Crippen LogP contribution >= 0.6 is 0 Å². The van der Waals surface area contributed by atoms with Crippen molar-refractivity contribution in [3.63, 3.8) is 0 Å².